The molecule has 0 saturated heterocycles. The minimum Gasteiger partial charge on any atom is -1.00 e. The monoisotopic (exact) mass is 273 g/mol. The lowest BCUT2D eigenvalue weighted by Crippen LogP contribution is -3.00. The second-order valence-corrected chi connectivity index (χ2v) is 4.90. The van der Waals surface area contributed by atoms with E-state index < -0.39 is 0 Å². The quantitative estimate of drug-likeness (QED) is 0.412. The van der Waals surface area contributed by atoms with Crippen molar-refractivity contribution in [1.29, 1.82) is 0 Å². The second kappa shape index (κ2) is 5.06. The molecule has 3 heteroatoms. The molecule has 1 heterocycles. The Morgan fingerprint density at radius 1 is 0.947 bits per heavy atom. The molecule has 0 fully saturated rings. The van der Waals surface area contributed by atoms with Crippen LogP contribution in [0.4, 0.5) is 0 Å². The van der Waals surface area contributed by atoms with E-state index in [0.29, 0.717) is 0 Å². The Kier molecular flexibility index (Phi) is 3.63. The van der Waals surface area contributed by atoms with Gasteiger partial charge < -0.3 is 16.8 Å². The smallest absolute Gasteiger partial charge is 0.203 e. The maximum atomic E-state index is 5.99. The standard InChI is InChI=1S/C16H16NO.ClH/c1-11-4-5-12-9-13-6-7-14(17(2)3)10-16(13)18-15(12)8-11;/h4-10H,1-3H3;1H/q+1;/p-1. The summed E-state index contributed by atoms with van der Waals surface area (Å²) in [6.45, 7) is 2.08. The van der Waals surface area contributed by atoms with Crippen LogP contribution in [0.15, 0.2) is 46.9 Å². The van der Waals surface area contributed by atoms with Crippen LogP contribution in [-0.4, -0.2) is 14.1 Å². The van der Waals surface area contributed by atoms with Gasteiger partial charge in [0.25, 0.3) is 0 Å². The van der Waals surface area contributed by atoms with Gasteiger partial charge in [-0.3, -0.25) is 0 Å². The Hall–Kier alpha value is -1.80. The lowest BCUT2D eigenvalue weighted by Gasteiger charge is -2.06. The molecule has 1 aliphatic heterocycles. The van der Waals surface area contributed by atoms with Crippen LogP contribution >= 0.6 is 0 Å². The molecule has 0 unspecified atom stereocenters. The fourth-order valence-electron chi connectivity index (χ4n) is 2.14. The van der Waals surface area contributed by atoms with Crippen LogP contribution in [0.25, 0.3) is 22.3 Å². The molecule has 1 aliphatic carbocycles. The van der Waals surface area contributed by atoms with Crippen LogP contribution in [-0.2, 0) is 0 Å². The summed E-state index contributed by atoms with van der Waals surface area (Å²) in [5.41, 5.74) is 3.30. The van der Waals surface area contributed by atoms with Crippen molar-refractivity contribution in [3.8, 4) is 11.3 Å². The summed E-state index contributed by atoms with van der Waals surface area (Å²) in [7, 11) is 4.07. The van der Waals surface area contributed by atoms with E-state index >= 15 is 0 Å². The van der Waals surface area contributed by atoms with E-state index in [1.165, 1.54) is 5.56 Å². The molecular weight excluding hydrogens is 258 g/mol. The van der Waals surface area contributed by atoms with E-state index in [0.717, 1.165) is 27.7 Å². The van der Waals surface area contributed by atoms with Gasteiger partial charge in [-0.15, -0.1) is 0 Å². The molecule has 3 rings (SSSR count). The zero-order valence-electron chi connectivity index (χ0n) is 11.3. The van der Waals surface area contributed by atoms with Gasteiger partial charge in [-0.25, -0.2) is 4.58 Å². The zero-order chi connectivity index (χ0) is 12.7. The number of hydrogen-bond acceptors (Lipinski definition) is 1. The third kappa shape index (κ3) is 2.49. The van der Waals surface area contributed by atoms with E-state index in [2.05, 4.69) is 54.0 Å². The SMILES string of the molecule is Cc1ccc2cc3ccc(=[N+](C)C)cc-3oc2c1.[Cl-]. The summed E-state index contributed by atoms with van der Waals surface area (Å²) >= 11 is 0. The molecule has 0 radical (unpaired) electrons. The first kappa shape index (κ1) is 13.6. The summed E-state index contributed by atoms with van der Waals surface area (Å²) in [6.07, 6.45) is 0. The molecule has 2 nitrogen and oxygen atoms in total. The largest absolute Gasteiger partial charge is 1.00 e. The van der Waals surface area contributed by atoms with Crippen molar-refractivity contribution >= 4 is 11.0 Å². The average molecular weight is 274 g/mol. The lowest BCUT2D eigenvalue weighted by molar-refractivity contribution is -0.00000422. The summed E-state index contributed by atoms with van der Waals surface area (Å²) in [5, 5.41) is 2.30. The number of fused-ring (bicyclic) bond motifs is 2. The third-order valence-corrected chi connectivity index (χ3v) is 3.21. The lowest BCUT2D eigenvalue weighted by atomic mass is 10.1. The molecule has 0 spiro atoms. The van der Waals surface area contributed by atoms with Gasteiger partial charge in [-0.1, -0.05) is 12.1 Å². The number of hydrogen-bond donors (Lipinski definition) is 0. The van der Waals surface area contributed by atoms with E-state index in [-0.39, 0.29) is 12.4 Å². The van der Waals surface area contributed by atoms with Gasteiger partial charge in [0.2, 0.25) is 5.36 Å². The number of halogens is 1. The highest BCUT2D eigenvalue weighted by atomic mass is 35.5. The van der Waals surface area contributed by atoms with Crippen LogP contribution < -0.4 is 22.3 Å². The van der Waals surface area contributed by atoms with Gasteiger partial charge >= 0.3 is 0 Å². The van der Waals surface area contributed by atoms with E-state index in [1.54, 1.807) is 0 Å². The molecule has 19 heavy (non-hydrogen) atoms. The molecule has 2 aliphatic rings. The highest BCUT2D eigenvalue weighted by molar-refractivity contribution is 5.83. The Morgan fingerprint density at radius 2 is 1.74 bits per heavy atom. The Bertz CT molecular complexity index is 769. The fraction of sp³-hybridized carbons (Fsp3) is 0.188. The molecule has 1 aromatic carbocycles. The number of benzene rings is 2. The zero-order valence-corrected chi connectivity index (χ0v) is 12.0. The topological polar surface area (TPSA) is 16.1 Å². The van der Waals surface area contributed by atoms with Gasteiger partial charge in [0, 0.05) is 17.0 Å². The maximum absolute atomic E-state index is 5.99. The van der Waals surface area contributed by atoms with Gasteiger partial charge in [-0.2, -0.15) is 0 Å². The molecule has 0 amide bonds. The van der Waals surface area contributed by atoms with Crippen LogP contribution in [0.2, 0.25) is 0 Å². The van der Waals surface area contributed by atoms with Gasteiger partial charge in [0.05, 0.1) is 6.07 Å². The predicted octanol–water partition coefficient (Wildman–Crippen LogP) is -0.118. The molecular formula is C16H16ClNO. The van der Waals surface area contributed by atoms with Gasteiger partial charge in [-0.05, 0) is 30.7 Å². The predicted molar refractivity (Wildman–Crippen MR) is 74.7 cm³/mol. The summed E-state index contributed by atoms with van der Waals surface area (Å²) in [4.78, 5) is 0. The Morgan fingerprint density at radius 3 is 2.47 bits per heavy atom. The Labute approximate surface area is 118 Å². The molecule has 0 bridgehead atoms. The van der Waals surface area contributed by atoms with Crippen LogP contribution in [0.1, 0.15) is 5.56 Å². The molecule has 98 valence electrons. The first-order valence-corrected chi connectivity index (χ1v) is 6.08. The first-order chi connectivity index (χ1) is 8.63. The molecule has 0 N–H and O–H groups in total. The number of aryl methyl sites for hydroxylation is 1. The minimum atomic E-state index is 0. The molecule has 0 aromatic heterocycles. The molecule has 0 atom stereocenters. The highest BCUT2D eigenvalue weighted by Crippen LogP contribution is 2.27. The first-order valence-electron chi connectivity index (χ1n) is 6.08. The van der Waals surface area contributed by atoms with Gasteiger partial charge in [0.1, 0.15) is 25.4 Å². The van der Waals surface area contributed by atoms with Crippen molar-refractivity contribution in [2.24, 2.45) is 0 Å². The summed E-state index contributed by atoms with van der Waals surface area (Å²) in [5.74, 6) is 0.930. The van der Waals surface area contributed by atoms with Crippen molar-refractivity contribution in [3.05, 3.63) is 53.4 Å². The minimum absolute atomic E-state index is 0. The highest BCUT2D eigenvalue weighted by Gasteiger charge is 2.08. The van der Waals surface area contributed by atoms with Crippen LogP contribution in [0.5, 0.6) is 0 Å². The second-order valence-electron chi connectivity index (χ2n) is 4.90. The van der Waals surface area contributed by atoms with E-state index in [9.17, 15) is 0 Å². The molecule has 0 saturated carbocycles. The van der Waals surface area contributed by atoms with Crippen LogP contribution in [0.3, 0.4) is 0 Å². The Balaban J connectivity index is 0.00000133. The van der Waals surface area contributed by atoms with Crippen molar-refractivity contribution in [2.45, 2.75) is 6.92 Å². The van der Waals surface area contributed by atoms with Crippen molar-refractivity contribution in [2.75, 3.05) is 14.1 Å². The van der Waals surface area contributed by atoms with Crippen molar-refractivity contribution in [3.63, 3.8) is 0 Å². The summed E-state index contributed by atoms with van der Waals surface area (Å²) < 4.78 is 8.07. The van der Waals surface area contributed by atoms with E-state index in [4.69, 9.17) is 4.42 Å². The van der Waals surface area contributed by atoms with E-state index in [1.807, 2.05) is 14.1 Å². The van der Waals surface area contributed by atoms with Crippen molar-refractivity contribution in [1.82, 2.24) is 4.58 Å². The van der Waals surface area contributed by atoms with Crippen molar-refractivity contribution < 1.29 is 16.8 Å². The maximum Gasteiger partial charge on any atom is 0.203 e. The number of nitrogens with zero attached hydrogens (tertiary/aromatic N) is 1. The fourth-order valence-corrected chi connectivity index (χ4v) is 2.14. The van der Waals surface area contributed by atoms with Crippen LogP contribution in [0, 0.1) is 6.92 Å². The van der Waals surface area contributed by atoms with Gasteiger partial charge in [0.15, 0.2) is 0 Å². The number of rotatable bonds is 0. The normalized spacial score (nSPS) is 10.5. The average Bonchev–Trinajstić information content (AvgIpc) is 2.35. The third-order valence-electron chi connectivity index (χ3n) is 3.21. The molecule has 1 aromatic rings. The summed E-state index contributed by atoms with van der Waals surface area (Å²) in [6, 6.07) is 14.8.